The predicted molar refractivity (Wildman–Crippen MR) is 133 cm³/mol. The van der Waals surface area contributed by atoms with Gasteiger partial charge in [-0.2, -0.15) is 0 Å². The first-order chi connectivity index (χ1) is 14.1. The van der Waals surface area contributed by atoms with E-state index < -0.39 is 0 Å². The van der Waals surface area contributed by atoms with Crippen molar-refractivity contribution >= 4 is 0 Å². The maximum atomic E-state index is 4.15. The van der Waals surface area contributed by atoms with E-state index in [1.54, 1.807) is 16.7 Å². The van der Waals surface area contributed by atoms with Crippen LogP contribution in [0.5, 0.6) is 0 Å². The van der Waals surface area contributed by atoms with E-state index in [0.29, 0.717) is 5.41 Å². The van der Waals surface area contributed by atoms with Crippen molar-refractivity contribution in [2.24, 2.45) is 23.2 Å². The lowest BCUT2D eigenvalue weighted by Crippen LogP contribution is -2.36. The second kappa shape index (κ2) is 9.46. The molecule has 166 valence electrons. The number of fused-ring (bicyclic) bond motifs is 2. The number of aryl methyl sites for hydroxylation is 1. The highest BCUT2D eigenvalue weighted by atomic mass is 14.5. The summed E-state index contributed by atoms with van der Waals surface area (Å²) in [6, 6.07) is 7.03. The largest absolute Gasteiger partial charge is 0.0999 e. The molecule has 0 aromatic heterocycles. The average Bonchev–Trinajstić information content (AvgIpc) is 2.69. The molecular formula is C30H46. The quantitative estimate of drug-likeness (QED) is 0.429. The van der Waals surface area contributed by atoms with Gasteiger partial charge in [0.15, 0.2) is 0 Å². The van der Waals surface area contributed by atoms with Gasteiger partial charge >= 0.3 is 0 Å². The number of hydrogen-bond donors (Lipinski definition) is 0. The maximum Gasteiger partial charge on any atom is -0.00850 e. The molecule has 0 saturated heterocycles. The van der Waals surface area contributed by atoms with E-state index in [1.807, 2.05) is 0 Å². The van der Waals surface area contributed by atoms with E-state index in [2.05, 4.69) is 79.3 Å². The molecule has 0 radical (unpaired) electrons. The molecule has 0 unspecified atom stereocenters. The van der Waals surface area contributed by atoms with Gasteiger partial charge in [-0.1, -0.05) is 82.2 Å². The van der Waals surface area contributed by atoms with Gasteiger partial charge in [0.25, 0.3) is 0 Å². The fourth-order valence-electron chi connectivity index (χ4n) is 6.36. The van der Waals surface area contributed by atoms with Crippen molar-refractivity contribution in [1.82, 2.24) is 0 Å². The summed E-state index contributed by atoms with van der Waals surface area (Å²) in [4.78, 5) is 0. The Morgan fingerprint density at radius 2 is 1.80 bits per heavy atom. The highest BCUT2D eigenvalue weighted by molar-refractivity contribution is 5.38. The zero-order valence-electron chi connectivity index (χ0n) is 20.9. The summed E-state index contributed by atoms with van der Waals surface area (Å²) in [5, 5.41) is 0. The molecule has 3 aliphatic rings. The molecule has 0 N–H and O–H groups in total. The fraction of sp³-hybridized carbons (Fsp3) is 0.667. The lowest BCUT2D eigenvalue weighted by molar-refractivity contribution is 0.151. The minimum absolute atomic E-state index is 0.486. The lowest BCUT2D eigenvalue weighted by Gasteiger charge is -2.47. The summed E-state index contributed by atoms with van der Waals surface area (Å²) >= 11 is 0. The van der Waals surface area contributed by atoms with Gasteiger partial charge in [-0.25, -0.2) is 0 Å². The molecule has 30 heavy (non-hydrogen) atoms. The number of hydrogen-bond acceptors (Lipinski definition) is 0. The minimum atomic E-state index is 0.486. The molecule has 3 aliphatic carbocycles. The van der Waals surface area contributed by atoms with Gasteiger partial charge in [-0.05, 0) is 105 Å². The van der Waals surface area contributed by atoms with Gasteiger partial charge in [-0.15, -0.1) is 0 Å². The molecule has 0 heterocycles. The second-order valence-electron chi connectivity index (χ2n) is 11.4. The molecule has 1 aromatic carbocycles. The Balaban J connectivity index is 0.000000171. The van der Waals surface area contributed by atoms with Gasteiger partial charge in [0, 0.05) is 0 Å². The van der Waals surface area contributed by atoms with Crippen LogP contribution < -0.4 is 0 Å². The summed E-state index contributed by atoms with van der Waals surface area (Å²) in [6.07, 6.45) is 11.9. The van der Waals surface area contributed by atoms with Gasteiger partial charge in [-0.3, -0.25) is 0 Å². The molecular weight excluding hydrogens is 360 g/mol. The normalized spacial score (nSPS) is 33.0. The van der Waals surface area contributed by atoms with Crippen molar-refractivity contribution in [2.75, 3.05) is 0 Å². The Bertz CT molecular complexity index is 779. The first-order valence-electron chi connectivity index (χ1n) is 12.6. The van der Waals surface area contributed by atoms with Crippen molar-refractivity contribution < 1.29 is 0 Å². The molecule has 4 rings (SSSR count). The highest BCUT2D eigenvalue weighted by Gasteiger charge is 2.41. The molecule has 0 heteroatoms. The third kappa shape index (κ3) is 4.79. The van der Waals surface area contributed by atoms with E-state index in [4.69, 9.17) is 0 Å². The molecule has 0 nitrogen and oxygen atoms in total. The molecule has 0 amide bonds. The van der Waals surface area contributed by atoms with Crippen molar-refractivity contribution in [3.8, 4) is 0 Å². The monoisotopic (exact) mass is 406 g/mol. The highest BCUT2D eigenvalue weighted by Crippen LogP contribution is 2.53. The van der Waals surface area contributed by atoms with E-state index in [9.17, 15) is 0 Å². The Labute approximate surface area is 187 Å². The van der Waals surface area contributed by atoms with Crippen molar-refractivity contribution in [3.05, 3.63) is 58.7 Å². The second-order valence-corrected chi connectivity index (χ2v) is 11.4. The standard InChI is InChI=1S/C15H22.C15H24/c1-10(2)13-8-6-12(4)14-7-5-11(3)9-15(13)14;1-11(2)13-8-9-14-7-5-6-12(3)15(14,4)10-13/h5,7,9-10,12-13H,6,8H2,1-4H3;7,12-13H,1,5-6,8-10H2,2-4H3/t12-,13-;12-,13-,15+/m01/s1. The van der Waals surface area contributed by atoms with Crippen LogP contribution >= 0.6 is 0 Å². The molecule has 1 saturated carbocycles. The molecule has 1 aromatic rings. The lowest BCUT2D eigenvalue weighted by atomic mass is 9.58. The smallest absolute Gasteiger partial charge is 0.00850 e. The Kier molecular flexibility index (Phi) is 7.36. The van der Waals surface area contributed by atoms with Crippen LogP contribution in [0.25, 0.3) is 0 Å². The van der Waals surface area contributed by atoms with Crippen molar-refractivity contribution in [3.63, 3.8) is 0 Å². The topological polar surface area (TPSA) is 0 Å². The van der Waals surface area contributed by atoms with Gasteiger partial charge in [0.1, 0.15) is 0 Å². The van der Waals surface area contributed by atoms with Gasteiger partial charge in [0.05, 0.1) is 0 Å². The Morgan fingerprint density at radius 3 is 2.47 bits per heavy atom. The molecule has 1 fully saturated rings. The van der Waals surface area contributed by atoms with Gasteiger partial charge in [0.2, 0.25) is 0 Å². The third-order valence-electron chi connectivity index (χ3n) is 8.83. The Hall–Kier alpha value is -1.30. The maximum absolute atomic E-state index is 4.15. The van der Waals surface area contributed by atoms with Crippen LogP contribution in [-0.4, -0.2) is 0 Å². The number of benzene rings is 1. The summed E-state index contributed by atoms with van der Waals surface area (Å²) in [6.45, 7) is 20.6. The van der Waals surface area contributed by atoms with Crippen LogP contribution in [-0.2, 0) is 0 Å². The SMILES string of the molecule is C=C(C)[C@@H]1CCC2=CCC[C@@H](C)[C@]2(C)C1.Cc1ccc2c(c1)[C@H](C(C)C)CC[C@@H]2C. The van der Waals surface area contributed by atoms with Crippen LogP contribution in [0.15, 0.2) is 42.0 Å². The molecule has 0 bridgehead atoms. The zero-order chi connectivity index (χ0) is 22.1. The van der Waals surface area contributed by atoms with Crippen LogP contribution in [0.1, 0.15) is 115 Å². The van der Waals surface area contributed by atoms with Crippen molar-refractivity contribution in [2.45, 2.75) is 105 Å². The fourth-order valence-corrected chi connectivity index (χ4v) is 6.36. The zero-order valence-corrected chi connectivity index (χ0v) is 20.9. The van der Waals surface area contributed by atoms with E-state index >= 15 is 0 Å². The summed E-state index contributed by atoms with van der Waals surface area (Å²) in [7, 11) is 0. The van der Waals surface area contributed by atoms with Crippen LogP contribution in [0.2, 0.25) is 0 Å². The molecule has 0 aliphatic heterocycles. The van der Waals surface area contributed by atoms with E-state index in [1.165, 1.54) is 56.1 Å². The van der Waals surface area contributed by atoms with Crippen molar-refractivity contribution in [1.29, 1.82) is 0 Å². The first kappa shape index (κ1) is 23.4. The number of allylic oxidation sites excluding steroid dienone is 3. The third-order valence-corrected chi connectivity index (χ3v) is 8.83. The predicted octanol–water partition coefficient (Wildman–Crippen LogP) is 9.36. The molecule has 5 atom stereocenters. The minimum Gasteiger partial charge on any atom is -0.0999 e. The average molecular weight is 407 g/mol. The van der Waals surface area contributed by atoms with Gasteiger partial charge < -0.3 is 0 Å². The Morgan fingerprint density at radius 1 is 1.07 bits per heavy atom. The first-order valence-corrected chi connectivity index (χ1v) is 12.6. The van der Waals surface area contributed by atoms with Crippen LogP contribution in [0.3, 0.4) is 0 Å². The van der Waals surface area contributed by atoms with E-state index in [-0.39, 0.29) is 0 Å². The molecule has 0 spiro atoms. The van der Waals surface area contributed by atoms with E-state index in [0.717, 1.165) is 29.6 Å². The summed E-state index contributed by atoms with van der Waals surface area (Å²) in [5.74, 6) is 3.96. The summed E-state index contributed by atoms with van der Waals surface area (Å²) in [5.41, 5.74) is 8.27. The van der Waals surface area contributed by atoms with Crippen LogP contribution in [0, 0.1) is 30.1 Å². The number of rotatable bonds is 2. The van der Waals surface area contributed by atoms with Crippen LogP contribution in [0.4, 0.5) is 0 Å². The summed E-state index contributed by atoms with van der Waals surface area (Å²) < 4.78 is 0.